The quantitative estimate of drug-likeness (QED) is 0.920. The number of hydrogen-bond donors (Lipinski definition) is 1. The molecule has 6 heteroatoms. The summed E-state index contributed by atoms with van der Waals surface area (Å²) in [6, 6.07) is 9.82. The first-order valence-electron chi connectivity index (χ1n) is 7.92. The number of carbonyl (C=O) groups is 1. The van der Waals surface area contributed by atoms with Crippen molar-refractivity contribution in [2.45, 2.75) is 25.5 Å². The van der Waals surface area contributed by atoms with Crippen LogP contribution in [0, 0.1) is 0 Å². The molecule has 1 aliphatic heterocycles. The first kappa shape index (κ1) is 15.6. The van der Waals surface area contributed by atoms with Crippen LogP contribution in [0.3, 0.4) is 0 Å². The van der Waals surface area contributed by atoms with Crippen LogP contribution in [0.15, 0.2) is 42.7 Å². The summed E-state index contributed by atoms with van der Waals surface area (Å²) in [5.74, 6) is 0. The Hall–Kier alpha value is -2.34. The molecule has 0 bridgehead atoms. The van der Waals surface area contributed by atoms with Gasteiger partial charge < -0.3 is 15.0 Å². The second kappa shape index (κ2) is 7.28. The Morgan fingerprint density at radius 1 is 1.43 bits per heavy atom. The van der Waals surface area contributed by atoms with Gasteiger partial charge in [-0.05, 0) is 25.0 Å². The van der Waals surface area contributed by atoms with E-state index in [0.29, 0.717) is 13.1 Å². The monoisotopic (exact) mass is 314 g/mol. The molecular formula is C17H22N4O2. The average Bonchev–Trinajstić information content (AvgIpc) is 3.25. The Kier molecular flexibility index (Phi) is 4.92. The first-order chi connectivity index (χ1) is 11.2. The minimum absolute atomic E-state index is 0.0899. The zero-order valence-corrected chi connectivity index (χ0v) is 13.3. The number of benzene rings is 1. The molecule has 1 fully saturated rings. The van der Waals surface area contributed by atoms with Gasteiger partial charge in [-0.2, -0.15) is 5.10 Å². The smallest absolute Gasteiger partial charge is 0.317 e. The van der Waals surface area contributed by atoms with Crippen LogP contribution in [0.1, 0.15) is 18.4 Å². The highest BCUT2D eigenvalue weighted by atomic mass is 16.5. The number of ether oxygens (including phenoxy) is 1. The van der Waals surface area contributed by atoms with Gasteiger partial charge in [-0.3, -0.25) is 0 Å². The van der Waals surface area contributed by atoms with E-state index in [2.05, 4.69) is 10.4 Å². The molecule has 0 saturated carbocycles. The molecule has 2 heterocycles. The van der Waals surface area contributed by atoms with Crippen LogP contribution in [0.2, 0.25) is 0 Å². The fourth-order valence-corrected chi connectivity index (χ4v) is 2.65. The van der Waals surface area contributed by atoms with E-state index < -0.39 is 0 Å². The molecule has 2 aromatic rings. The standard InChI is InChI=1S/C17H22N4O2/c1-20(17(22)18-11-16-8-5-9-23-16)12-14-10-19-21(13-14)15-6-3-2-4-7-15/h2-4,6-7,10,13,16H,5,8-9,11-12H2,1H3,(H,18,22)/t16-/m1/s1. The summed E-state index contributed by atoms with van der Waals surface area (Å²) in [7, 11) is 1.78. The number of carbonyl (C=O) groups excluding carboxylic acids is 1. The van der Waals surface area contributed by atoms with Gasteiger partial charge in [-0.15, -0.1) is 0 Å². The van der Waals surface area contributed by atoms with Gasteiger partial charge in [-0.1, -0.05) is 18.2 Å². The molecule has 1 aromatic heterocycles. The first-order valence-corrected chi connectivity index (χ1v) is 7.92. The molecular weight excluding hydrogens is 292 g/mol. The molecule has 1 aliphatic rings. The van der Waals surface area contributed by atoms with Crippen LogP contribution in [-0.2, 0) is 11.3 Å². The zero-order chi connectivity index (χ0) is 16.1. The Morgan fingerprint density at radius 2 is 2.26 bits per heavy atom. The topological polar surface area (TPSA) is 59.4 Å². The highest BCUT2D eigenvalue weighted by Crippen LogP contribution is 2.11. The number of nitrogens with zero attached hydrogens (tertiary/aromatic N) is 3. The van der Waals surface area contributed by atoms with Gasteiger partial charge in [0.1, 0.15) is 0 Å². The van der Waals surface area contributed by atoms with Gasteiger partial charge >= 0.3 is 6.03 Å². The van der Waals surface area contributed by atoms with Crippen LogP contribution in [0.5, 0.6) is 0 Å². The van der Waals surface area contributed by atoms with Crippen molar-refractivity contribution >= 4 is 6.03 Å². The Morgan fingerprint density at radius 3 is 3.00 bits per heavy atom. The van der Waals surface area contributed by atoms with E-state index in [1.807, 2.05) is 41.2 Å². The molecule has 1 saturated heterocycles. The van der Waals surface area contributed by atoms with Crippen molar-refractivity contribution in [2.75, 3.05) is 20.2 Å². The molecule has 0 radical (unpaired) electrons. The van der Waals surface area contributed by atoms with Gasteiger partial charge in [0.05, 0.1) is 24.5 Å². The number of amides is 2. The highest BCUT2D eigenvalue weighted by molar-refractivity contribution is 5.73. The summed E-state index contributed by atoms with van der Waals surface area (Å²) in [5, 5.41) is 7.26. The largest absolute Gasteiger partial charge is 0.376 e. The molecule has 2 amide bonds. The van der Waals surface area contributed by atoms with Gasteiger partial charge in [-0.25, -0.2) is 9.48 Å². The predicted molar refractivity (Wildman–Crippen MR) is 87.4 cm³/mol. The lowest BCUT2D eigenvalue weighted by Crippen LogP contribution is -2.40. The normalized spacial score (nSPS) is 17.2. The molecule has 23 heavy (non-hydrogen) atoms. The van der Waals surface area contributed by atoms with Crippen LogP contribution in [-0.4, -0.2) is 47.0 Å². The van der Waals surface area contributed by atoms with E-state index in [1.54, 1.807) is 18.1 Å². The molecule has 1 aromatic carbocycles. The van der Waals surface area contributed by atoms with E-state index in [0.717, 1.165) is 30.7 Å². The third-order valence-corrected chi connectivity index (χ3v) is 3.93. The van der Waals surface area contributed by atoms with Crippen molar-refractivity contribution in [3.8, 4) is 5.69 Å². The number of para-hydroxylation sites is 1. The summed E-state index contributed by atoms with van der Waals surface area (Å²) in [5.41, 5.74) is 1.99. The van der Waals surface area contributed by atoms with Crippen molar-refractivity contribution in [1.29, 1.82) is 0 Å². The number of rotatable bonds is 5. The van der Waals surface area contributed by atoms with Crippen LogP contribution < -0.4 is 5.32 Å². The summed E-state index contributed by atoms with van der Waals surface area (Å²) in [6.07, 6.45) is 5.99. The van der Waals surface area contributed by atoms with E-state index >= 15 is 0 Å². The van der Waals surface area contributed by atoms with Crippen molar-refractivity contribution < 1.29 is 9.53 Å². The van der Waals surface area contributed by atoms with Gasteiger partial charge in [0.2, 0.25) is 0 Å². The third-order valence-electron chi connectivity index (χ3n) is 3.93. The lowest BCUT2D eigenvalue weighted by atomic mass is 10.2. The summed E-state index contributed by atoms with van der Waals surface area (Å²) in [4.78, 5) is 13.8. The van der Waals surface area contributed by atoms with Crippen LogP contribution >= 0.6 is 0 Å². The predicted octanol–water partition coefficient (Wildman–Crippen LogP) is 2.19. The average molecular weight is 314 g/mol. The minimum Gasteiger partial charge on any atom is -0.376 e. The molecule has 0 aliphatic carbocycles. The molecule has 0 unspecified atom stereocenters. The Balaban J connectivity index is 1.52. The van der Waals surface area contributed by atoms with Gasteiger partial charge in [0.25, 0.3) is 0 Å². The summed E-state index contributed by atoms with van der Waals surface area (Å²) in [6.45, 7) is 1.89. The Labute approximate surface area is 136 Å². The summed E-state index contributed by atoms with van der Waals surface area (Å²) >= 11 is 0. The molecule has 6 nitrogen and oxygen atoms in total. The second-order valence-electron chi connectivity index (χ2n) is 5.81. The van der Waals surface area contributed by atoms with Crippen molar-refractivity contribution in [3.05, 3.63) is 48.3 Å². The van der Waals surface area contributed by atoms with Gasteiger partial charge in [0, 0.05) is 32.0 Å². The third kappa shape index (κ3) is 4.10. The summed E-state index contributed by atoms with van der Waals surface area (Å²) < 4.78 is 7.32. The van der Waals surface area contributed by atoms with E-state index in [1.165, 1.54) is 0 Å². The van der Waals surface area contributed by atoms with E-state index in [4.69, 9.17) is 4.74 Å². The highest BCUT2D eigenvalue weighted by Gasteiger charge is 2.17. The maximum atomic E-state index is 12.1. The SMILES string of the molecule is CN(Cc1cnn(-c2ccccc2)c1)C(=O)NC[C@H]1CCCO1. The number of urea groups is 1. The number of nitrogens with one attached hydrogen (secondary N) is 1. The fraction of sp³-hybridized carbons (Fsp3) is 0.412. The Bertz CT molecular complexity index is 635. The fourth-order valence-electron chi connectivity index (χ4n) is 2.65. The van der Waals surface area contributed by atoms with Gasteiger partial charge in [0.15, 0.2) is 0 Å². The van der Waals surface area contributed by atoms with Crippen molar-refractivity contribution in [1.82, 2.24) is 20.0 Å². The maximum Gasteiger partial charge on any atom is 0.317 e. The molecule has 0 spiro atoms. The second-order valence-corrected chi connectivity index (χ2v) is 5.81. The lowest BCUT2D eigenvalue weighted by molar-refractivity contribution is 0.109. The van der Waals surface area contributed by atoms with Crippen molar-refractivity contribution in [3.63, 3.8) is 0 Å². The van der Waals surface area contributed by atoms with Crippen molar-refractivity contribution in [2.24, 2.45) is 0 Å². The number of aromatic nitrogens is 2. The van der Waals surface area contributed by atoms with Crippen LogP contribution in [0.25, 0.3) is 5.69 Å². The molecule has 3 rings (SSSR count). The molecule has 1 atom stereocenters. The van der Waals surface area contributed by atoms with E-state index in [-0.39, 0.29) is 12.1 Å². The molecule has 1 N–H and O–H groups in total. The lowest BCUT2D eigenvalue weighted by Gasteiger charge is -2.18. The van der Waals surface area contributed by atoms with E-state index in [9.17, 15) is 4.79 Å². The maximum absolute atomic E-state index is 12.1. The molecule has 122 valence electrons. The zero-order valence-electron chi connectivity index (χ0n) is 13.3. The van der Waals surface area contributed by atoms with Crippen LogP contribution in [0.4, 0.5) is 4.79 Å². The minimum atomic E-state index is -0.0899. The number of hydrogen-bond acceptors (Lipinski definition) is 3.